The van der Waals surface area contributed by atoms with Crippen LogP contribution in [0.2, 0.25) is 0 Å². The zero-order valence-corrected chi connectivity index (χ0v) is 15.9. The second-order valence-corrected chi connectivity index (χ2v) is 7.74. The van der Waals surface area contributed by atoms with E-state index in [2.05, 4.69) is 10.3 Å². The van der Waals surface area contributed by atoms with Crippen LogP contribution >= 0.6 is 0 Å². The molecule has 0 radical (unpaired) electrons. The maximum atomic E-state index is 14.5. The quantitative estimate of drug-likeness (QED) is 0.674. The number of rotatable bonds is 3. The van der Waals surface area contributed by atoms with E-state index < -0.39 is 40.4 Å². The third-order valence-corrected chi connectivity index (χ3v) is 5.89. The molecule has 0 bridgehead atoms. The fourth-order valence-electron chi connectivity index (χ4n) is 4.10. The van der Waals surface area contributed by atoms with Gasteiger partial charge in [-0.2, -0.15) is 5.26 Å². The molecule has 0 unspecified atom stereocenters. The number of pyridine rings is 1. The SMILES string of the molecule is N#Cc1cc(F)c2c(c1)OC[C@H]2NC(=O)C1(c2cc3c(F)c(F)ccc3[nH]c2=O)CC1. The van der Waals surface area contributed by atoms with Gasteiger partial charge in [0.2, 0.25) is 5.91 Å². The minimum atomic E-state index is -1.22. The van der Waals surface area contributed by atoms with Crippen LogP contribution in [0.15, 0.2) is 35.1 Å². The Morgan fingerprint density at radius 3 is 2.68 bits per heavy atom. The molecule has 1 aromatic heterocycles. The van der Waals surface area contributed by atoms with Gasteiger partial charge in [0.1, 0.15) is 18.2 Å². The monoisotopic (exact) mass is 425 g/mol. The minimum Gasteiger partial charge on any atom is -0.491 e. The molecule has 6 nitrogen and oxygen atoms in total. The number of halogens is 3. The van der Waals surface area contributed by atoms with Gasteiger partial charge in [0, 0.05) is 10.9 Å². The summed E-state index contributed by atoms with van der Waals surface area (Å²) in [5.41, 5.74) is -1.41. The number of H-pyrrole nitrogens is 1. The number of ether oxygens (including phenoxy) is 1. The highest BCUT2D eigenvalue weighted by atomic mass is 19.2. The molecule has 5 rings (SSSR count). The van der Waals surface area contributed by atoms with Gasteiger partial charge in [0.15, 0.2) is 11.6 Å². The number of nitrogens with zero attached hydrogens (tertiary/aromatic N) is 1. The van der Waals surface area contributed by atoms with Gasteiger partial charge in [0.05, 0.1) is 34.2 Å². The molecule has 2 aliphatic rings. The Morgan fingerprint density at radius 2 is 1.97 bits per heavy atom. The van der Waals surface area contributed by atoms with Crippen molar-refractivity contribution < 1.29 is 22.7 Å². The molecule has 3 aromatic rings. The van der Waals surface area contributed by atoms with Crippen LogP contribution in [0, 0.1) is 28.8 Å². The molecular formula is C22H14F3N3O3. The highest BCUT2D eigenvalue weighted by Crippen LogP contribution is 2.48. The van der Waals surface area contributed by atoms with Crippen molar-refractivity contribution in [2.24, 2.45) is 0 Å². The van der Waals surface area contributed by atoms with Crippen LogP contribution in [0.25, 0.3) is 10.9 Å². The van der Waals surface area contributed by atoms with E-state index in [9.17, 15) is 22.8 Å². The Morgan fingerprint density at radius 1 is 1.19 bits per heavy atom. The van der Waals surface area contributed by atoms with Crippen LogP contribution < -0.4 is 15.6 Å². The van der Waals surface area contributed by atoms with E-state index in [1.807, 2.05) is 6.07 Å². The summed E-state index contributed by atoms with van der Waals surface area (Å²) in [7, 11) is 0. The van der Waals surface area contributed by atoms with Gasteiger partial charge in [-0.15, -0.1) is 0 Å². The lowest BCUT2D eigenvalue weighted by Gasteiger charge is -2.19. The molecule has 1 fully saturated rings. The average molecular weight is 425 g/mol. The molecular weight excluding hydrogens is 411 g/mol. The maximum Gasteiger partial charge on any atom is 0.252 e. The number of carbonyl (C=O) groups is 1. The number of fused-ring (bicyclic) bond motifs is 2. The first-order valence-corrected chi connectivity index (χ1v) is 9.53. The van der Waals surface area contributed by atoms with Crippen molar-refractivity contribution in [2.45, 2.75) is 24.3 Å². The summed E-state index contributed by atoms with van der Waals surface area (Å²) in [6.07, 6.45) is 0.668. The van der Waals surface area contributed by atoms with E-state index in [1.165, 1.54) is 18.2 Å². The summed E-state index contributed by atoms with van der Waals surface area (Å²) in [4.78, 5) is 28.2. The number of nitriles is 1. The van der Waals surface area contributed by atoms with Crippen molar-refractivity contribution in [2.75, 3.05) is 6.61 Å². The van der Waals surface area contributed by atoms with E-state index in [0.29, 0.717) is 12.8 Å². The van der Waals surface area contributed by atoms with E-state index in [0.717, 1.165) is 12.1 Å². The second-order valence-electron chi connectivity index (χ2n) is 7.74. The first-order valence-electron chi connectivity index (χ1n) is 9.53. The van der Waals surface area contributed by atoms with Crippen LogP contribution in [0.4, 0.5) is 13.2 Å². The number of aromatic amines is 1. The molecule has 1 saturated carbocycles. The summed E-state index contributed by atoms with van der Waals surface area (Å²) in [5, 5.41) is 11.5. The van der Waals surface area contributed by atoms with Crippen molar-refractivity contribution in [3.05, 3.63) is 74.8 Å². The fraction of sp³-hybridized carbons (Fsp3) is 0.227. The highest BCUT2D eigenvalue weighted by molar-refractivity contribution is 5.93. The predicted octanol–water partition coefficient (Wildman–Crippen LogP) is 3.10. The van der Waals surface area contributed by atoms with Gasteiger partial charge < -0.3 is 15.0 Å². The molecule has 9 heteroatoms. The van der Waals surface area contributed by atoms with E-state index in [4.69, 9.17) is 10.00 Å². The van der Waals surface area contributed by atoms with Crippen molar-refractivity contribution in [3.8, 4) is 11.8 Å². The lowest BCUT2D eigenvalue weighted by Crippen LogP contribution is -2.40. The van der Waals surface area contributed by atoms with Gasteiger partial charge in [-0.3, -0.25) is 9.59 Å². The first-order chi connectivity index (χ1) is 14.8. The maximum absolute atomic E-state index is 14.5. The number of carbonyl (C=O) groups excluding carboxylic acids is 1. The Balaban J connectivity index is 1.50. The summed E-state index contributed by atoms with van der Waals surface area (Å²) in [6.45, 7) is -0.0309. The Labute approximate surface area is 173 Å². The van der Waals surface area contributed by atoms with Crippen LogP contribution in [-0.4, -0.2) is 17.5 Å². The summed E-state index contributed by atoms with van der Waals surface area (Å²) < 4.78 is 47.8. The third-order valence-electron chi connectivity index (χ3n) is 5.89. The molecule has 31 heavy (non-hydrogen) atoms. The Bertz CT molecular complexity index is 1370. The molecule has 1 aliphatic carbocycles. The molecule has 156 valence electrons. The van der Waals surface area contributed by atoms with E-state index in [1.54, 1.807) is 0 Å². The Kier molecular flexibility index (Phi) is 4.09. The highest BCUT2D eigenvalue weighted by Gasteiger charge is 2.54. The van der Waals surface area contributed by atoms with Crippen molar-refractivity contribution in [1.82, 2.24) is 10.3 Å². The largest absolute Gasteiger partial charge is 0.491 e. The number of nitrogens with one attached hydrogen (secondary N) is 2. The summed E-state index contributed by atoms with van der Waals surface area (Å²) in [5.74, 6) is -3.21. The fourth-order valence-corrected chi connectivity index (χ4v) is 4.10. The van der Waals surface area contributed by atoms with Gasteiger partial charge in [0.25, 0.3) is 5.56 Å². The number of hydrogen-bond donors (Lipinski definition) is 2. The lowest BCUT2D eigenvalue weighted by molar-refractivity contribution is -0.124. The third kappa shape index (κ3) is 2.86. The number of aromatic nitrogens is 1. The van der Waals surface area contributed by atoms with Crippen LogP contribution in [0.3, 0.4) is 0 Å². The van der Waals surface area contributed by atoms with Crippen LogP contribution in [-0.2, 0) is 10.2 Å². The second kappa shape index (κ2) is 6.60. The number of hydrogen-bond acceptors (Lipinski definition) is 4. The normalized spacial score (nSPS) is 18.2. The van der Waals surface area contributed by atoms with Gasteiger partial charge in [-0.25, -0.2) is 13.2 Å². The van der Waals surface area contributed by atoms with Gasteiger partial charge >= 0.3 is 0 Å². The van der Waals surface area contributed by atoms with E-state index >= 15 is 0 Å². The van der Waals surface area contributed by atoms with Gasteiger partial charge in [-0.05, 0) is 43.2 Å². The minimum absolute atomic E-state index is 0.0291. The summed E-state index contributed by atoms with van der Waals surface area (Å²) in [6, 6.07) is 6.86. The topological polar surface area (TPSA) is 95.0 Å². The number of amides is 1. The Hall–Kier alpha value is -3.80. The van der Waals surface area contributed by atoms with Gasteiger partial charge in [-0.1, -0.05) is 0 Å². The zero-order chi connectivity index (χ0) is 21.9. The summed E-state index contributed by atoms with van der Waals surface area (Å²) >= 11 is 0. The first kappa shape index (κ1) is 19.2. The molecule has 1 aliphatic heterocycles. The molecule has 1 amide bonds. The van der Waals surface area contributed by atoms with Crippen LogP contribution in [0.1, 0.15) is 35.6 Å². The lowest BCUT2D eigenvalue weighted by atomic mass is 9.94. The smallest absolute Gasteiger partial charge is 0.252 e. The molecule has 0 spiro atoms. The molecule has 1 atom stereocenters. The standard InChI is InChI=1S/C22H14F3N3O3/c23-13-1-2-15-11(19(13)25)7-12(20(29)27-15)22(3-4-22)21(30)28-16-9-31-17-6-10(8-26)5-14(24)18(16)17/h1-2,5-7,16H,3-4,9H2,(H,27,29)(H,28,30)/t16-/m1/s1. The molecule has 2 heterocycles. The molecule has 0 saturated heterocycles. The van der Waals surface area contributed by atoms with Crippen LogP contribution in [0.5, 0.6) is 5.75 Å². The number of benzene rings is 2. The van der Waals surface area contributed by atoms with Crippen molar-refractivity contribution in [3.63, 3.8) is 0 Å². The zero-order valence-electron chi connectivity index (χ0n) is 15.9. The average Bonchev–Trinajstić information content (AvgIpc) is 3.46. The van der Waals surface area contributed by atoms with Crippen molar-refractivity contribution in [1.29, 1.82) is 5.26 Å². The molecule has 2 N–H and O–H groups in total. The van der Waals surface area contributed by atoms with Crippen molar-refractivity contribution >= 4 is 16.8 Å². The molecule has 2 aromatic carbocycles. The van der Waals surface area contributed by atoms with E-state index in [-0.39, 0.29) is 39.9 Å². The predicted molar refractivity (Wildman–Crippen MR) is 103 cm³/mol.